The Balaban J connectivity index is 1.92. The van der Waals surface area contributed by atoms with Gasteiger partial charge in [0.15, 0.2) is 5.11 Å². The van der Waals surface area contributed by atoms with Crippen molar-refractivity contribution in [2.75, 3.05) is 7.11 Å². The van der Waals surface area contributed by atoms with Crippen molar-refractivity contribution in [3.63, 3.8) is 0 Å². The molecule has 0 aliphatic heterocycles. The second kappa shape index (κ2) is 8.42. The van der Waals surface area contributed by atoms with E-state index in [1.807, 2.05) is 0 Å². The number of benzene rings is 2. The van der Waals surface area contributed by atoms with Gasteiger partial charge in [-0.05, 0) is 52.4 Å². The highest BCUT2D eigenvalue weighted by atomic mass is 79.9. The molecule has 6 nitrogen and oxygen atoms in total. The van der Waals surface area contributed by atoms with Gasteiger partial charge in [-0.15, -0.1) is 0 Å². The monoisotopic (exact) mass is 407 g/mol. The third-order valence-electron chi connectivity index (χ3n) is 2.99. The van der Waals surface area contributed by atoms with Crippen LogP contribution in [0.1, 0.15) is 20.7 Å². The van der Waals surface area contributed by atoms with E-state index in [0.717, 1.165) is 0 Å². The van der Waals surface area contributed by atoms with E-state index in [9.17, 15) is 9.59 Å². The summed E-state index contributed by atoms with van der Waals surface area (Å²) in [6, 6.07) is 13.7. The van der Waals surface area contributed by atoms with E-state index in [-0.39, 0.29) is 5.11 Å². The van der Waals surface area contributed by atoms with Gasteiger partial charge in [0.25, 0.3) is 11.8 Å². The van der Waals surface area contributed by atoms with Crippen LogP contribution < -0.4 is 20.9 Å². The second-order valence-electron chi connectivity index (χ2n) is 4.54. The molecule has 0 fully saturated rings. The SMILES string of the molecule is COc1ccccc1C(=O)NNC(=S)NC(=O)c1ccccc1Br. The Morgan fingerprint density at radius 1 is 0.958 bits per heavy atom. The Hall–Kier alpha value is -2.45. The number of carbonyl (C=O) groups excluding carboxylic acids is 2. The Morgan fingerprint density at radius 2 is 1.58 bits per heavy atom. The van der Waals surface area contributed by atoms with Crippen molar-refractivity contribution in [3.8, 4) is 5.75 Å². The molecule has 0 saturated carbocycles. The van der Waals surface area contributed by atoms with Crippen LogP contribution in [-0.4, -0.2) is 24.0 Å². The normalized spacial score (nSPS) is 9.75. The molecule has 8 heteroatoms. The molecular weight excluding hydrogens is 394 g/mol. The highest BCUT2D eigenvalue weighted by Gasteiger charge is 2.13. The zero-order valence-electron chi connectivity index (χ0n) is 12.6. The molecule has 3 N–H and O–H groups in total. The van der Waals surface area contributed by atoms with Crippen LogP contribution in [0.4, 0.5) is 0 Å². The lowest BCUT2D eigenvalue weighted by molar-refractivity contribution is 0.0932. The van der Waals surface area contributed by atoms with Gasteiger partial charge < -0.3 is 4.74 Å². The van der Waals surface area contributed by atoms with Crippen molar-refractivity contribution in [2.24, 2.45) is 0 Å². The molecule has 0 heterocycles. The molecule has 0 aromatic heterocycles. The number of halogens is 1. The lowest BCUT2D eigenvalue weighted by Crippen LogP contribution is -2.48. The van der Waals surface area contributed by atoms with Crippen molar-refractivity contribution in [1.29, 1.82) is 0 Å². The number of ether oxygens (including phenoxy) is 1. The molecule has 24 heavy (non-hydrogen) atoms. The minimum Gasteiger partial charge on any atom is -0.496 e. The average molecular weight is 408 g/mol. The molecule has 2 aromatic carbocycles. The highest BCUT2D eigenvalue weighted by molar-refractivity contribution is 9.10. The number of methoxy groups -OCH3 is 1. The van der Waals surface area contributed by atoms with Gasteiger partial charge in [0.1, 0.15) is 5.75 Å². The Kier molecular flexibility index (Phi) is 6.28. The molecule has 0 atom stereocenters. The number of amides is 2. The fourth-order valence-corrected chi connectivity index (χ4v) is 2.47. The maximum atomic E-state index is 12.1. The number of nitrogens with one attached hydrogen (secondary N) is 3. The fraction of sp³-hybridized carbons (Fsp3) is 0.0625. The molecule has 2 aromatic rings. The summed E-state index contributed by atoms with van der Waals surface area (Å²) < 4.78 is 5.75. The number of hydrogen-bond donors (Lipinski definition) is 3. The Labute approximate surface area is 152 Å². The van der Waals surface area contributed by atoms with Crippen LogP contribution in [0.15, 0.2) is 53.0 Å². The Bertz CT molecular complexity index is 783. The van der Waals surface area contributed by atoms with E-state index in [0.29, 0.717) is 21.3 Å². The molecule has 2 amide bonds. The average Bonchev–Trinajstić information content (AvgIpc) is 2.59. The first-order valence-corrected chi connectivity index (χ1v) is 8.02. The predicted octanol–water partition coefficient (Wildman–Crippen LogP) is 2.41. The fourth-order valence-electron chi connectivity index (χ4n) is 1.86. The van der Waals surface area contributed by atoms with E-state index in [1.54, 1.807) is 48.5 Å². The summed E-state index contributed by atoms with van der Waals surface area (Å²) in [4.78, 5) is 24.2. The van der Waals surface area contributed by atoms with Crippen LogP contribution in [0, 0.1) is 0 Å². The lowest BCUT2D eigenvalue weighted by Gasteiger charge is -2.12. The van der Waals surface area contributed by atoms with Crippen LogP contribution in [0.25, 0.3) is 0 Å². The minimum atomic E-state index is -0.440. The van der Waals surface area contributed by atoms with Gasteiger partial charge in [-0.3, -0.25) is 25.8 Å². The maximum absolute atomic E-state index is 12.1. The van der Waals surface area contributed by atoms with Crippen molar-refractivity contribution in [1.82, 2.24) is 16.2 Å². The third kappa shape index (κ3) is 4.53. The maximum Gasteiger partial charge on any atom is 0.273 e. The first-order chi connectivity index (χ1) is 11.5. The quantitative estimate of drug-likeness (QED) is 0.537. The molecule has 2 rings (SSSR count). The number of hydrazine groups is 1. The third-order valence-corrected chi connectivity index (χ3v) is 3.88. The molecule has 0 aliphatic rings. The number of thiocarbonyl (C=S) groups is 1. The zero-order chi connectivity index (χ0) is 17.5. The van der Waals surface area contributed by atoms with E-state index >= 15 is 0 Å². The first-order valence-electron chi connectivity index (χ1n) is 6.82. The first kappa shape index (κ1) is 17.9. The molecule has 0 aliphatic carbocycles. The van der Waals surface area contributed by atoms with Gasteiger partial charge in [-0.2, -0.15) is 0 Å². The van der Waals surface area contributed by atoms with Crippen LogP contribution in [0.3, 0.4) is 0 Å². The molecule has 0 spiro atoms. The summed E-state index contributed by atoms with van der Waals surface area (Å²) in [5.74, 6) is -0.406. The molecule has 0 unspecified atom stereocenters. The predicted molar refractivity (Wildman–Crippen MR) is 97.8 cm³/mol. The van der Waals surface area contributed by atoms with Gasteiger partial charge in [-0.1, -0.05) is 24.3 Å². The summed E-state index contributed by atoms with van der Waals surface area (Å²) in [6.45, 7) is 0. The number of hydrogen-bond acceptors (Lipinski definition) is 4. The highest BCUT2D eigenvalue weighted by Crippen LogP contribution is 2.17. The van der Waals surface area contributed by atoms with Crippen molar-refractivity contribution in [2.45, 2.75) is 0 Å². The van der Waals surface area contributed by atoms with Crippen LogP contribution in [0.5, 0.6) is 5.75 Å². The standard InChI is InChI=1S/C16H14BrN3O3S/c1-23-13-9-5-3-7-11(13)15(22)19-20-16(24)18-14(21)10-6-2-4-8-12(10)17/h2-9H,1H3,(H,19,22)(H2,18,20,21,24). The molecular formula is C16H14BrN3O3S. The molecule has 124 valence electrons. The summed E-state index contributed by atoms with van der Waals surface area (Å²) in [5.41, 5.74) is 5.66. The van der Waals surface area contributed by atoms with Gasteiger partial charge >= 0.3 is 0 Å². The van der Waals surface area contributed by atoms with Crippen molar-refractivity contribution in [3.05, 3.63) is 64.1 Å². The van der Waals surface area contributed by atoms with Gasteiger partial charge in [-0.25, -0.2) is 0 Å². The lowest BCUT2D eigenvalue weighted by atomic mass is 10.2. The summed E-state index contributed by atoms with van der Waals surface area (Å²) in [7, 11) is 1.47. The topological polar surface area (TPSA) is 79.5 Å². The van der Waals surface area contributed by atoms with Crippen LogP contribution >= 0.6 is 28.1 Å². The minimum absolute atomic E-state index is 0.0287. The van der Waals surface area contributed by atoms with Crippen molar-refractivity contribution >= 4 is 45.1 Å². The Morgan fingerprint density at radius 3 is 2.25 bits per heavy atom. The van der Waals surface area contributed by atoms with E-state index in [4.69, 9.17) is 17.0 Å². The summed E-state index contributed by atoms with van der Waals surface area (Å²) >= 11 is 8.29. The van der Waals surface area contributed by atoms with Gasteiger partial charge in [0.2, 0.25) is 0 Å². The van der Waals surface area contributed by atoms with Crippen LogP contribution in [-0.2, 0) is 0 Å². The van der Waals surface area contributed by atoms with E-state index < -0.39 is 11.8 Å². The number of para-hydroxylation sites is 1. The largest absolute Gasteiger partial charge is 0.496 e. The molecule has 0 bridgehead atoms. The van der Waals surface area contributed by atoms with Gasteiger partial charge in [0.05, 0.1) is 18.2 Å². The summed E-state index contributed by atoms with van der Waals surface area (Å²) in [6.07, 6.45) is 0. The molecule has 0 radical (unpaired) electrons. The second-order valence-corrected chi connectivity index (χ2v) is 5.81. The van der Waals surface area contributed by atoms with E-state index in [1.165, 1.54) is 7.11 Å². The van der Waals surface area contributed by atoms with Gasteiger partial charge in [0, 0.05) is 4.47 Å². The van der Waals surface area contributed by atoms with Crippen molar-refractivity contribution < 1.29 is 14.3 Å². The number of rotatable bonds is 3. The molecule has 0 saturated heterocycles. The van der Waals surface area contributed by atoms with E-state index in [2.05, 4.69) is 32.1 Å². The zero-order valence-corrected chi connectivity index (χ0v) is 15.0. The number of carbonyl (C=O) groups is 2. The summed E-state index contributed by atoms with van der Waals surface area (Å²) in [5, 5.41) is 2.45. The smallest absolute Gasteiger partial charge is 0.273 e. The van der Waals surface area contributed by atoms with Crippen LogP contribution in [0.2, 0.25) is 0 Å².